The first kappa shape index (κ1) is 19.4. The number of carbonyl (C=O) groups excluding carboxylic acids is 3. The lowest BCUT2D eigenvalue weighted by atomic mass is 10.1. The van der Waals surface area contributed by atoms with Crippen molar-refractivity contribution < 1.29 is 19.1 Å². The lowest BCUT2D eigenvalue weighted by molar-refractivity contribution is -0.142. The molecule has 130 valence electrons. The van der Waals surface area contributed by atoms with Gasteiger partial charge < -0.3 is 10.1 Å². The van der Waals surface area contributed by atoms with Crippen LogP contribution < -0.4 is 5.32 Å². The summed E-state index contributed by atoms with van der Waals surface area (Å²) in [5, 5.41) is 2.55. The van der Waals surface area contributed by atoms with Crippen LogP contribution in [0.4, 0.5) is 0 Å². The van der Waals surface area contributed by atoms with E-state index in [1.807, 2.05) is 0 Å². The van der Waals surface area contributed by atoms with Gasteiger partial charge in [-0.05, 0) is 25.7 Å². The fourth-order valence-corrected chi connectivity index (χ4v) is 2.48. The maximum Gasteiger partial charge on any atom is 0.328 e. The molecule has 1 saturated heterocycles. The average Bonchev–Trinajstić information content (AvgIpc) is 2.90. The fraction of sp³-hybridized carbons (Fsp3) is 0.722. The van der Waals surface area contributed by atoms with Crippen LogP contribution in [0.15, 0.2) is 12.2 Å². The van der Waals surface area contributed by atoms with Gasteiger partial charge in [-0.15, -0.1) is 0 Å². The smallest absolute Gasteiger partial charge is 0.328 e. The van der Waals surface area contributed by atoms with E-state index in [0.29, 0.717) is 19.4 Å². The Morgan fingerprint density at radius 2 is 1.91 bits per heavy atom. The SMILES string of the molecule is CCC/C=C/CCCCCCC(=O)CC(=O)N[C@H]1CCOC1=O. The Bertz CT molecular complexity index is 417. The zero-order chi connectivity index (χ0) is 16.9. The van der Waals surface area contributed by atoms with Gasteiger partial charge in [-0.2, -0.15) is 0 Å². The van der Waals surface area contributed by atoms with Gasteiger partial charge in [0, 0.05) is 12.8 Å². The second-order valence-corrected chi connectivity index (χ2v) is 6.00. The highest BCUT2D eigenvalue weighted by Gasteiger charge is 2.28. The molecule has 5 heteroatoms. The highest BCUT2D eigenvalue weighted by Crippen LogP contribution is 2.09. The summed E-state index contributed by atoms with van der Waals surface area (Å²) in [6, 6.07) is -0.573. The van der Waals surface area contributed by atoms with E-state index in [4.69, 9.17) is 4.74 Å². The molecule has 1 N–H and O–H groups in total. The number of carbonyl (C=O) groups is 3. The molecule has 1 heterocycles. The van der Waals surface area contributed by atoms with Gasteiger partial charge >= 0.3 is 5.97 Å². The van der Waals surface area contributed by atoms with Crippen LogP contribution >= 0.6 is 0 Å². The second kappa shape index (κ2) is 11.9. The number of Topliss-reactive ketones (excluding diaryl/α,β-unsaturated/α-hetero) is 1. The van der Waals surface area contributed by atoms with E-state index in [-0.39, 0.29) is 18.1 Å². The largest absolute Gasteiger partial charge is 0.464 e. The Balaban J connectivity index is 1.99. The molecule has 0 saturated carbocycles. The van der Waals surface area contributed by atoms with Gasteiger partial charge in [-0.1, -0.05) is 38.3 Å². The normalized spacial score (nSPS) is 17.4. The minimum atomic E-state index is -0.573. The summed E-state index contributed by atoms with van der Waals surface area (Å²) in [6.07, 6.45) is 12.8. The Kier molecular flexibility index (Phi) is 10.00. The second-order valence-electron chi connectivity index (χ2n) is 6.00. The number of cyclic esters (lactones) is 1. The van der Waals surface area contributed by atoms with Gasteiger partial charge in [0.15, 0.2) is 0 Å². The van der Waals surface area contributed by atoms with Gasteiger partial charge in [-0.25, -0.2) is 4.79 Å². The number of nitrogens with one attached hydrogen (secondary N) is 1. The van der Waals surface area contributed by atoms with E-state index in [1.54, 1.807) is 0 Å². The fourth-order valence-electron chi connectivity index (χ4n) is 2.48. The molecule has 0 bridgehead atoms. The predicted molar refractivity (Wildman–Crippen MR) is 88.9 cm³/mol. The molecule has 23 heavy (non-hydrogen) atoms. The molecule has 1 rings (SSSR count). The summed E-state index contributed by atoms with van der Waals surface area (Å²) in [5.41, 5.74) is 0. The van der Waals surface area contributed by atoms with Crippen LogP contribution in [-0.4, -0.2) is 30.3 Å². The van der Waals surface area contributed by atoms with Gasteiger partial charge in [0.25, 0.3) is 0 Å². The highest BCUT2D eigenvalue weighted by molar-refractivity contribution is 5.99. The zero-order valence-corrected chi connectivity index (χ0v) is 14.1. The molecule has 5 nitrogen and oxygen atoms in total. The van der Waals surface area contributed by atoms with E-state index in [9.17, 15) is 14.4 Å². The van der Waals surface area contributed by atoms with Gasteiger partial charge in [0.2, 0.25) is 5.91 Å². The molecular formula is C18H29NO4. The maximum atomic E-state index is 11.7. The van der Waals surface area contributed by atoms with Crippen LogP contribution in [-0.2, 0) is 19.1 Å². The first-order chi connectivity index (χ1) is 11.1. The lowest BCUT2D eigenvalue weighted by Gasteiger charge is -2.08. The molecule has 1 aliphatic rings. The van der Waals surface area contributed by atoms with Crippen LogP contribution in [0.5, 0.6) is 0 Å². The Labute approximate surface area is 138 Å². The number of hydrogen-bond donors (Lipinski definition) is 1. The first-order valence-corrected chi connectivity index (χ1v) is 8.76. The monoisotopic (exact) mass is 323 g/mol. The topological polar surface area (TPSA) is 72.5 Å². The van der Waals surface area contributed by atoms with Crippen molar-refractivity contribution in [2.75, 3.05) is 6.61 Å². The van der Waals surface area contributed by atoms with E-state index in [1.165, 1.54) is 6.42 Å². The number of rotatable bonds is 12. The molecule has 0 aromatic rings. The molecule has 1 fully saturated rings. The maximum absolute atomic E-state index is 11.7. The molecule has 1 amide bonds. The van der Waals surface area contributed by atoms with Crippen molar-refractivity contribution in [3.05, 3.63) is 12.2 Å². The molecule has 0 aliphatic carbocycles. The molecule has 0 spiro atoms. The number of ether oxygens (including phenoxy) is 1. The highest BCUT2D eigenvalue weighted by atomic mass is 16.5. The van der Waals surface area contributed by atoms with Crippen molar-refractivity contribution in [3.8, 4) is 0 Å². The summed E-state index contributed by atoms with van der Waals surface area (Å²) in [4.78, 5) is 34.6. The summed E-state index contributed by atoms with van der Waals surface area (Å²) in [6.45, 7) is 2.51. The molecule has 0 unspecified atom stereocenters. The third-order valence-electron chi connectivity index (χ3n) is 3.83. The molecule has 0 aromatic heterocycles. The standard InChI is InChI=1S/C18H29NO4/c1-2-3-4-5-6-7-8-9-10-11-15(20)14-17(21)19-16-12-13-23-18(16)22/h4-5,16H,2-3,6-14H2,1H3,(H,19,21)/b5-4+/t16-/m0/s1. The van der Waals surface area contributed by atoms with E-state index < -0.39 is 12.0 Å². The van der Waals surface area contributed by atoms with Gasteiger partial charge in [-0.3, -0.25) is 9.59 Å². The number of ketones is 1. The summed E-state index contributed by atoms with van der Waals surface area (Å²) in [5.74, 6) is -0.838. The number of hydrogen-bond acceptors (Lipinski definition) is 4. The summed E-state index contributed by atoms with van der Waals surface area (Å²) >= 11 is 0. The van der Waals surface area contributed by atoms with E-state index in [0.717, 1.165) is 38.5 Å². The number of esters is 1. The molecule has 1 atom stereocenters. The van der Waals surface area contributed by atoms with Crippen molar-refractivity contribution in [1.29, 1.82) is 0 Å². The number of allylic oxidation sites excluding steroid dienone is 2. The van der Waals surface area contributed by atoms with E-state index >= 15 is 0 Å². The van der Waals surface area contributed by atoms with Crippen molar-refractivity contribution in [1.82, 2.24) is 5.32 Å². The van der Waals surface area contributed by atoms with Crippen LogP contribution in [0.25, 0.3) is 0 Å². The Hall–Kier alpha value is -1.65. The summed E-state index contributed by atoms with van der Waals surface area (Å²) < 4.78 is 4.76. The van der Waals surface area contributed by atoms with E-state index in [2.05, 4.69) is 24.4 Å². The van der Waals surface area contributed by atoms with Gasteiger partial charge in [0.1, 0.15) is 11.8 Å². The van der Waals surface area contributed by atoms with Crippen LogP contribution in [0, 0.1) is 0 Å². The predicted octanol–water partition coefficient (Wildman–Crippen LogP) is 3.07. The zero-order valence-electron chi connectivity index (χ0n) is 14.1. The van der Waals surface area contributed by atoms with Crippen molar-refractivity contribution in [3.63, 3.8) is 0 Å². The molecule has 1 aliphatic heterocycles. The average molecular weight is 323 g/mol. The number of amides is 1. The van der Waals surface area contributed by atoms with Crippen LogP contribution in [0.1, 0.15) is 71.1 Å². The Morgan fingerprint density at radius 3 is 2.61 bits per heavy atom. The quantitative estimate of drug-likeness (QED) is 0.259. The molecular weight excluding hydrogens is 294 g/mol. The van der Waals surface area contributed by atoms with Crippen molar-refractivity contribution in [2.45, 2.75) is 77.2 Å². The summed E-state index contributed by atoms with van der Waals surface area (Å²) in [7, 11) is 0. The third-order valence-corrected chi connectivity index (χ3v) is 3.83. The van der Waals surface area contributed by atoms with Gasteiger partial charge in [0.05, 0.1) is 13.0 Å². The van der Waals surface area contributed by atoms with Crippen molar-refractivity contribution in [2.24, 2.45) is 0 Å². The third kappa shape index (κ3) is 9.16. The van der Waals surface area contributed by atoms with Crippen LogP contribution in [0.2, 0.25) is 0 Å². The first-order valence-electron chi connectivity index (χ1n) is 8.76. The minimum absolute atomic E-state index is 0.0586. The molecule has 0 aromatic carbocycles. The molecule has 0 radical (unpaired) electrons. The Morgan fingerprint density at radius 1 is 1.17 bits per heavy atom. The van der Waals surface area contributed by atoms with Crippen molar-refractivity contribution >= 4 is 17.7 Å². The number of unbranched alkanes of at least 4 members (excludes halogenated alkanes) is 5. The lowest BCUT2D eigenvalue weighted by Crippen LogP contribution is -2.38. The van der Waals surface area contributed by atoms with Crippen LogP contribution in [0.3, 0.4) is 0 Å². The minimum Gasteiger partial charge on any atom is -0.464 e.